The summed E-state index contributed by atoms with van der Waals surface area (Å²) >= 11 is 6.01. The van der Waals surface area contributed by atoms with Crippen LogP contribution in [-0.4, -0.2) is 41.2 Å². The third kappa shape index (κ3) is 6.47. The Morgan fingerprint density at radius 3 is 2.22 bits per heavy atom. The van der Waals surface area contributed by atoms with E-state index < -0.39 is 22.5 Å². The molecule has 3 aromatic rings. The van der Waals surface area contributed by atoms with Crippen molar-refractivity contribution in [2.24, 2.45) is 0 Å². The molecule has 1 amide bonds. The predicted octanol–water partition coefficient (Wildman–Crippen LogP) is 5.51. The molecule has 196 valence electrons. The molecule has 0 radical (unpaired) electrons. The minimum absolute atomic E-state index is 0.0543. The maximum Gasteiger partial charge on any atom is 0.264 e. The highest BCUT2D eigenvalue weighted by Crippen LogP contribution is 2.32. The lowest BCUT2D eigenvalue weighted by Crippen LogP contribution is -2.38. The number of sulfonamides is 1. The van der Waals surface area contributed by atoms with Crippen molar-refractivity contribution < 1.29 is 27.4 Å². The summed E-state index contributed by atoms with van der Waals surface area (Å²) in [6, 6.07) is 17.5. The molecule has 1 fully saturated rings. The summed E-state index contributed by atoms with van der Waals surface area (Å²) in [5.41, 5.74) is 0.818. The number of nitrogens with one attached hydrogen (secondary N) is 1. The van der Waals surface area contributed by atoms with Crippen LogP contribution < -0.4 is 23.8 Å². The zero-order valence-corrected chi connectivity index (χ0v) is 22.2. The standard InChI is InChI=1S/C27H29ClN2O6S/c1-34-25-16-15-24(17-26(25)35-2)37(32,33)30(21-11-7-19(28)8-12-21)18-27(31)29-20-9-13-23(14-10-20)36-22-5-3-4-6-22/h7-17,22H,3-6,18H2,1-2H3,(H,29,31). The van der Waals surface area contributed by atoms with Crippen LogP contribution in [0.5, 0.6) is 17.2 Å². The van der Waals surface area contributed by atoms with Crippen LogP contribution in [0.2, 0.25) is 5.02 Å². The number of carbonyl (C=O) groups excluding carboxylic acids is 1. The second-order valence-electron chi connectivity index (χ2n) is 8.60. The van der Waals surface area contributed by atoms with Crippen molar-refractivity contribution in [2.45, 2.75) is 36.7 Å². The number of anilines is 2. The Balaban J connectivity index is 1.55. The third-order valence-corrected chi connectivity index (χ3v) is 8.11. The van der Waals surface area contributed by atoms with E-state index >= 15 is 0 Å². The number of hydrogen-bond donors (Lipinski definition) is 1. The molecule has 37 heavy (non-hydrogen) atoms. The van der Waals surface area contributed by atoms with Gasteiger partial charge in [-0.1, -0.05) is 11.6 Å². The molecule has 0 spiro atoms. The van der Waals surface area contributed by atoms with Crippen molar-refractivity contribution in [1.82, 2.24) is 0 Å². The fraction of sp³-hybridized carbons (Fsp3) is 0.296. The van der Waals surface area contributed by atoms with Gasteiger partial charge in [-0.15, -0.1) is 0 Å². The summed E-state index contributed by atoms with van der Waals surface area (Å²) in [7, 11) is -1.28. The van der Waals surface area contributed by atoms with Gasteiger partial charge in [0.05, 0.1) is 30.9 Å². The summed E-state index contributed by atoms with van der Waals surface area (Å²) < 4.78 is 44.8. The first-order valence-electron chi connectivity index (χ1n) is 11.9. The van der Waals surface area contributed by atoms with Crippen LogP contribution in [0.4, 0.5) is 11.4 Å². The summed E-state index contributed by atoms with van der Waals surface area (Å²) in [6.45, 7) is -0.460. The predicted molar refractivity (Wildman–Crippen MR) is 143 cm³/mol. The normalized spacial score (nSPS) is 13.7. The molecule has 4 rings (SSSR count). The molecular formula is C27H29ClN2O6S. The topological polar surface area (TPSA) is 94.2 Å². The van der Waals surface area contributed by atoms with Crippen molar-refractivity contribution in [1.29, 1.82) is 0 Å². The van der Waals surface area contributed by atoms with Gasteiger partial charge < -0.3 is 19.5 Å². The average Bonchev–Trinajstić information content (AvgIpc) is 3.41. The molecular weight excluding hydrogens is 516 g/mol. The van der Waals surface area contributed by atoms with Crippen LogP contribution in [-0.2, 0) is 14.8 Å². The van der Waals surface area contributed by atoms with Gasteiger partial charge in [-0.3, -0.25) is 9.10 Å². The number of halogens is 1. The fourth-order valence-electron chi connectivity index (χ4n) is 4.17. The Morgan fingerprint density at radius 2 is 1.59 bits per heavy atom. The van der Waals surface area contributed by atoms with E-state index in [0.29, 0.717) is 16.5 Å². The third-order valence-electron chi connectivity index (χ3n) is 6.09. The van der Waals surface area contributed by atoms with Gasteiger partial charge in [0, 0.05) is 16.8 Å². The number of nitrogens with zero attached hydrogens (tertiary/aromatic N) is 1. The van der Waals surface area contributed by atoms with Crippen LogP contribution in [0.25, 0.3) is 0 Å². The molecule has 0 unspecified atom stereocenters. The van der Waals surface area contributed by atoms with Crippen LogP contribution in [0.15, 0.2) is 71.6 Å². The zero-order chi connectivity index (χ0) is 26.4. The molecule has 1 saturated carbocycles. The molecule has 10 heteroatoms. The molecule has 0 atom stereocenters. The van der Waals surface area contributed by atoms with E-state index in [2.05, 4.69) is 5.32 Å². The van der Waals surface area contributed by atoms with E-state index in [1.165, 1.54) is 45.3 Å². The van der Waals surface area contributed by atoms with E-state index in [0.717, 1.165) is 22.9 Å². The van der Waals surface area contributed by atoms with Gasteiger partial charge in [0.25, 0.3) is 10.0 Å². The lowest BCUT2D eigenvalue weighted by molar-refractivity contribution is -0.114. The molecule has 1 aliphatic carbocycles. The number of methoxy groups -OCH3 is 2. The van der Waals surface area contributed by atoms with Crippen LogP contribution in [0.3, 0.4) is 0 Å². The quantitative estimate of drug-likeness (QED) is 0.361. The van der Waals surface area contributed by atoms with Gasteiger partial charge in [-0.05, 0) is 86.3 Å². The second-order valence-corrected chi connectivity index (χ2v) is 10.9. The average molecular weight is 545 g/mol. The largest absolute Gasteiger partial charge is 0.493 e. The molecule has 0 aliphatic heterocycles. The van der Waals surface area contributed by atoms with Gasteiger partial charge in [0.15, 0.2) is 11.5 Å². The van der Waals surface area contributed by atoms with E-state index in [-0.39, 0.29) is 22.4 Å². The van der Waals surface area contributed by atoms with Crippen molar-refractivity contribution >= 4 is 38.9 Å². The van der Waals surface area contributed by atoms with Crippen molar-refractivity contribution in [3.8, 4) is 17.2 Å². The monoisotopic (exact) mass is 544 g/mol. The molecule has 3 aromatic carbocycles. The zero-order valence-electron chi connectivity index (χ0n) is 20.6. The number of rotatable bonds is 10. The minimum atomic E-state index is -4.16. The van der Waals surface area contributed by atoms with E-state index in [1.54, 1.807) is 48.5 Å². The van der Waals surface area contributed by atoms with E-state index in [1.807, 2.05) is 0 Å². The SMILES string of the molecule is COc1ccc(S(=O)(=O)N(CC(=O)Nc2ccc(OC3CCCC3)cc2)c2ccc(Cl)cc2)cc1OC. The number of carbonyl (C=O) groups is 1. The summed E-state index contributed by atoms with van der Waals surface area (Å²) in [6.07, 6.45) is 4.68. The highest BCUT2D eigenvalue weighted by atomic mass is 35.5. The molecule has 8 nitrogen and oxygen atoms in total. The van der Waals surface area contributed by atoms with Crippen LogP contribution in [0, 0.1) is 0 Å². The summed E-state index contributed by atoms with van der Waals surface area (Å²) in [5.74, 6) is 0.869. The summed E-state index contributed by atoms with van der Waals surface area (Å²) in [4.78, 5) is 13.0. The minimum Gasteiger partial charge on any atom is -0.493 e. The maximum atomic E-state index is 13.7. The number of benzene rings is 3. The number of amides is 1. The highest BCUT2D eigenvalue weighted by Gasteiger charge is 2.28. The first kappa shape index (κ1) is 26.6. The van der Waals surface area contributed by atoms with Gasteiger partial charge >= 0.3 is 0 Å². The Labute approximate surface area is 222 Å². The molecule has 1 aliphatic rings. The van der Waals surface area contributed by atoms with Crippen molar-refractivity contribution in [3.05, 3.63) is 71.8 Å². The lowest BCUT2D eigenvalue weighted by Gasteiger charge is -2.24. The van der Waals surface area contributed by atoms with Gasteiger partial charge in [-0.2, -0.15) is 0 Å². The number of hydrogen-bond acceptors (Lipinski definition) is 6. The smallest absolute Gasteiger partial charge is 0.264 e. The molecule has 0 aromatic heterocycles. The lowest BCUT2D eigenvalue weighted by atomic mass is 10.2. The fourth-order valence-corrected chi connectivity index (χ4v) is 5.74. The second kappa shape index (κ2) is 11.7. The van der Waals surface area contributed by atoms with Crippen molar-refractivity contribution in [2.75, 3.05) is 30.4 Å². The Hall–Kier alpha value is -3.43. The maximum absolute atomic E-state index is 13.7. The molecule has 0 bridgehead atoms. The van der Waals surface area contributed by atoms with Crippen molar-refractivity contribution in [3.63, 3.8) is 0 Å². The summed E-state index contributed by atoms with van der Waals surface area (Å²) in [5, 5.41) is 3.21. The highest BCUT2D eigenvalue weighted by molar-refractivity contribution is 7.92. The van der Waals surface area contributed by atoms with Crippen LogP contribution >= 0.6 is 11.6 Å². The molecule has 0 heterocycles. The Bertz CT molecular complexity index is 1320. The first-order chi connectivity index (χ1) is 17.8. The van der Waals surface area contributed by atoms with Gasteiger partial charge in [0.1, 0.15) is 12.3 Å². The van der Waals surface area contributed by atoms with Crippen LogP contribution in [0.1, 0.15) is 25.7 Å². The van der Waals surface area contributed by atoms with E-state index in [9.17, 15) is 13.2 Å². The van der Waals surface area contributed by atoms with E-state index in [4.69, 9.17) is 25.8 Å². The Kier molecular flexibility index (Phi) is 8.45. The van der Waals surface area contributed by atoms with Gasteiger partial charge in [0.2, 0.25) is 5.91 Å². The Morgan fingerprint density at radius 1 is 0.946 bits per heavy atom. The molecule has 1 N–H and O–H groups in total. The first-order valence-corrected chi connectivity index (χ1v) is 13.7. The molecule has 0 saturated heterocycles. The van der Waals surface area contributed by atoms with Gasteiger partial charge in [-0.25, -0.2) is 8.42 Å². The number of ether oxygens (including phenoxy) is 3.